The van der Waals surface area contributed by atoms with Gasteiger partial charge in [0.25, 0.3) is 5.56 Å². The van der Waals surface area contributed by atoms with Crippen LogP contribution in [0.25, 0.3) is 0 Å². The van der Waals surface area contributed by atoms with Crippen LogP contribution in [-0.2, 0) is 24.5 Å². The second-order valence-electron chi connectivity index (χ2n) is 7.01. The number of hydrogen-bond acceptors (Lipinski definition) is 5. The van der Waals surface area contributed by atoms with Gasteiger partial charge in [0.1, 0.15) is 22.7 Å². The van der Waals surface area contributed by atoms with Crippen molar-refractivity contribution < 1.29 is 36.2 Å². The molecule has 1 aromatic heterocycles. The van der Waals surface area contributed by atoms with Crippen LogP contribution in [0.3, 0.4) is 0 Å². The van der Waals surface area contributed by atoms with Crippen LogP contribution in [0.4, 0.5) is 22.0 Å². The highest BCUT2D eigenvalue weighted by molar-refractivity contribution is 9.10. The van der Waals surface area contributed by atoms with Crippen LogP contribution in [0.2, 0.25) is 0 Å². The maximum atomic E-state index is 13.9. The molecule has 34 heavy (non-hydrogen) atoms. The molecular weight excluding hydrogens is 531 g/mol. The minimum Gasteiger partial charge on any atom is -0.483 e. The first-order valence-corrected chi connectivity index (χ1v) is 10.4. The molecule has 0 fully saturated rings. The lowest BCUT2D eigenvalue weighted by Gasteiger charge is -2.17. The van der Waals surface area contributed by atoms with E-state index in [2.05, 4.69) is 20.7 Å². The predicted molar refractivity (Wildman–Crippen MR) is 114 cm³/mol. The first-order valence-electron chi connectivity index (χ1n) is 9.56. The minimum absolute atomic E-state index is 0.0886. The number of esters is 1. The third-order valence-corrected chi connectivity index (χ3v) is 5.25. The highest BCUT2D eigenvalue weighted by Gasteiger charge is 2.42. The number of alkyl halides is 3. The van der Waals surface area contributed by atoms with Gasteiger partial charge < -0.3 is 19.8 Å². The fourth-order valence-corrected chi connectivity index (χ4v) is 3.45. The van der Waals surface area contributed by atoms with Crippen molar-refractivity contribution in [2.75, 3.05) is 0 Å². The summed E-state index contributed by atoms with van der Waals surface area (Å²) in [6, 6.07) is 9.42. The van der Waals surface area contributed by atoms with Crippen LogP contribution in [0, 0.1) is 11.6 Å². The summed E-state index contributed by atoms with van der Waals surface area (Å²) in [5.41, 5.74) is 6.09. The molecule has 0 saturated carbocycles. The van der Waals surface area contributed by atoms with E-state index in [0.29, 0.717) is 11.6 Å². The Morgan fingerprint density at radius 1 is 1.09 bits per heavy atom. The van der Waals surface area contributed by atoms with Gasteiger partial charge in [-0.1, -0.05) is 24.3 Å². The third-order valence-electron chi connectivity index (χ3n) is 4.55. The molecule has 0 spiro atoms. The summed E-state index contributed by atoms with van der Waals surface area (Å²) in [5, 5.41) is 0. The molecule has 0 aliphatic carbocycles. The van der Waals surface area contributed by atoms with E-state index in [4.69, 9.17) is 10.5 Å². The molecule has 0 aliphatic rings. The zero-order chi connectivity index (χ0) is 25.0. The zero-order valence-electron chi connectivity index (χ0n) is 17.2. The van der Waals surface area contributed by atoms with Crippen LogP contribution in [0.15, 0.2) is 57.9 Å². The average Bonchev–Trinajstić information content (AvgIpc) is 2.77. The summed E-state index contributed by atoms with van der Waals surface area (Å²) >= 11 is 2.96. The number of carbonyl (C=O) groups is 1. The molecule has 0 bridgehead atoms. The Labute approximate surface area is 197 Å². The van der Waals surface area contributed by atoms with Crippen LogP contribution in [-0.4, -0.2) is 16.7 Å². The van der Waals surface area contributed by atoms with E-state index in [9.17, 15) is 31.5 Å². The van der Waals surface area contributed by atoms with Gasteiger partial charge >= 0.3 is 12.1 Å². The highest BCUT2D eigenvalue weighted by Crippen LogP contribution is 2.35. The smallest absolute Gasteiger partial charge is 0.483 e. The zero-order valence-corrected chi connectivity index (χ0v) is 18.8. The molecule has 0 saturated heterocycles. The monoisotopic (exact) mass is 546 g/mol. The number of hydrogen-bond donors (Lipinski definition) is 1. The molecule has 0 amide bonds. The Hall–Kier alpha value is -3.25. The molecule has 1 heterocycles. The fourth-order valence-electron chi connectivity index (χ4n) is 2.91. The van der Waals surface area contributed by atoms with E-state index in [1.54, 1.807) is 24.3 Å². The topological polar surface area (TPSA) is 83.6 Å². The number of aromatic nitrogens is 1. The second kappa shape index (κ2) is 10.3. The Morgan fingerprint density at radius 3 is 2.44 bits per heavy atom. The van der Waals surface area contributed by atoms with Crippen molar-refractivity contribution >= 4 is 21.9 Å². The summed E-state index contributed by atoms with van der Waals surface area (Å²) in [6.45, 7) is -0.453. The number of nitrogens with two attached hydrogens (primary N) is 1. The summed E-state index contributed by atoms with van der Waals surface area (Å²) in [5.74, 6) is -5.65. The van der Waals surface area contributed by atoms with Crippen molar-refractivity contribution in [2.24, 2.45) is 5.73 Å². The Kier molecular flexibility index (Phi) is 7.72. The van der Waals surface area contributed by atoms with E-state index >= 15 is 0 Å². The molecule has 0 radical (unpaired) electrons. The molecule has 0 unspecified atom stereocenters. The van der Waals surface area contributed by atoms with Crippen molar-refractivity contribution in [1.29, 1.82) is 0 Å². The molecule has 2 aromatic carbocycles. The Balaban J connectivity index is 2.01. The van der Waals surface area contributed by atoms with Gasteiger partial charge in [0.2, 0.25) is 0 Å². The van der Waals surface area contributed by atoms with Crippen LogP contribution < -0.4 is 20.8 Å². The second-order valence-corrected chi connectivity index (χ2v) is 7.80. The van der Waals surface area contributed by atoms with E-state index in [-0.39, 0.29) is 23.1 Å². The van der Waals surface area contributed by atoms with Crippen LogP contribution in [0.5, 0.6) is 11.5 Å². The molecule has 0 atom stereocenters. The first kappa shape index (κ1) is 25.4. The minimum atomic E-state index is -5.33. The van der Waals surface area contributed by atoms with Crippen molar-refractivity contribution in [3.63, 3.8) is 0 Å². The normalized spacial score (nSPS) is 11.4. The standard InChI is InChI=1S/C22H16BrF5N2O4/c23-18-19(33-11-14-4-5-15(24)7-16(14)25)17(34-21(32)22(26,27)28)10-30(20(18)31)9-13-3-1-2-12(6-13)8-29/h1-7,10H,8-9,11,29H2. The van der Waals surface area contributed by atoms with Gasteiger partial charge in [0.05, 0.1) is 12.7 Å². The number of benzene rings is 2. The molecule has 0 aliphatic heterocycles. The predicted octanol–water partition coefficient (Wildman–Crippen LogP) is 4.44. The third kappa shape index (κ3) is 6.00. The number of carbonyl (C=O) groups excluding carboxylic acids is 1. The van der Waals surface area contributed by atoms with E-state index in [1.165, 1.54) is 0 Å². The highest BCUT2D eigenvalue weighted by atomic mass is 79.9. The largest absolute Gasteiger partial charge is 0.491 e. The fraction of sp³-hybridized carbons (Fsp3) is 0.182. The van der Waals surface area contributed by atoms with Gasteiger partial charge in [-0.15, -0.1) is 0 Å². The van der Waals surface area contributed by atoms with Crippen molar-refractivity contribution in [3.05, 3.63) is 91.8 Å². The van der Waals surface area contributed by atoms with Crippen LogP contribution in [0.1, 0.15) is 16.7 Å². The maximum Gasteiger partial charge on any atom is 0.491 e. The van der Waals surface area contributed by atoms with Gasteiger partial charge in [-0.05, 0) is 39.2 Å². The Bertz CT molecular complexity index is 1280. The molecule has 6 nitrogen and oxygen atoms in total. The lowest BCUT2D eigenvalue weighted by Crippen LogP contribution is -2.29. The number of pyridine rings is 1. The van der Waals surface area contributed by atoms with Gasteiger partial charge in [-0.25, -0.2) is 13.6 Å². The number of ether oxygens (including phenoxy) is 2. The van der Waals surface area contributed by atoms with Gasteiger partial charge in [-0.3, -0.25) is 4.79 Å². The van der Waals surface area contributed by atoms with Gasteiger partial charge in [0, 0.05) is 18.2 Å². The molecule has 180 valence electrons. The number of rotatable bonds is 7. The average molecular weight is 547 g/mol. The lowest BCUT2D eigenvalue weighted by molar-refractivity contribution is -0.189. The van der Waals surface area contributed by atoms with E-state index < -0.39 is 47.4 Å². The Morgan fingerprint density at radius 2 is 1.79 bits per heavy atom. The summed E-state index contributed by atoms with van der Waals surface area (Å²) in [7, 11) is 0. The summed E-state index contributed by atoms with van der Waals surface area (Å²) in [6.07, 6.45) is -4.45. The first-order chi connectivity index (χ1) is 16.0. The molecule has 12 heteroatoms. The van der Waals surface area contributed by atoms with E-state index in [1.807, 2.05) is 0 Å². The molecular formula is C22H16BrF5N2O4. The SMILES string of the molecule is NCc1cccc(Cn2cc(OC(=O)C(F)(F)F)c(OCc3ccc(F)cc3F)c(Br)c2=O)c1. The quantitative estimate of drug-likeness (QED) is 0.350. The number of nitrogens with zero attached hydrogens (tertiary/aromatic N) is 1. The van der Waals surface area contributed by atoms with E-state index in [0.717, 1.165) is 28.5 Å². The van der Waals surface area contributed by atoms with Gasteiger partial charge in [0.15, 0.2) is 11.5 Å². The van der Waals surface area contributed by atoms with Crippen molar-refractivity contribution in [3.8, 4) is 11.5 Å². The van der Waals surface area contributed by atoms with Gasteiger partial charge in [-0.2, -0.15) is 13.2 Å². The lowest BCUT2D eigenvalue weighted by atomic mass is 10.1. The summed E-state index contributed by atoms with van der Waals surface area (Å²) < 4.78 is 75.9. The summed E-state index contributed by atoms with van der Waals surface area (Å²) in [4.78, 5) is 24.3. The molecule has 3 rings (SSSR count). The number of halogens is 6. The van der Waals surface area contributed by atoms with Crippen molar-refractivity contribution in [2.45, 2.75) is 25.9 Å². The maximum absolute atomic E-state index is 13.9. The van der Waals surface area contributed by atoms with Crippen molar-refractivity contribution in [1.82, 2.24) is 4.57 Å². The molecule has 3 aromatic rings. The molecule has 2 N–H and O–H groups in total. The van der Waals surface area contributed by atoms with Crippen LogP contribution >= 0.6 is 15.9 Å².